The van der Waals surface area contributed by atoms with Gasteiger partial charge in [0.05, 0.1) is 17.1 Å². The molecule has 0 unspecified atom stereocenters. The van der Waals surface area contributed by atoms with Crippen LogP contribution in [0.5, 0.6) is 5.75 Å². The predicted octanol–water partition coefficient (Wildman–Crippen LogP) is 4.75. The van der Waals surface area contributed by atoms with Crippen LogP contribution >= 0.6 is 11.6 Å². The van der Waals surface area contributed by atoms with Gasteiger partial charge in [-0.15, -0.1) is 0 Å². The van der Waals surface area contributed by atoms with Crippen molar-refractivity contribution in [3.63, 3.8) is 0 Å². The highest BCUT2D eigenvalue weighted by Crippen LogP contribution is 2.33. The maximum absolute atomic E-state index is 12.6. The third-order valence-electron chi connectivity index (χ3n) is 4.83. The van der Waals surface area contributed by atoms with Gasteiger partial charge in [-0.3, -0.25) is 4.79 Å². The number of ether oxygens (including phenoxy) is 1. The molecule has 4 heteroatoms. The zero-order chi connectivity index (χ0) is 17.0. The van der Waals surface area contributed by atoms with E-state index in [-0.39, 0.29) is 5.56 Å². The molecule has 5 rings (SSSR count). The minimum absolute atomic E-state index is 0.0550. The fourth-order valence-electron chi connectivity index (χ4n) is 3.57. The van der Waals surface area contributed by atoms with Crippen molar-refractivity contribution >= 4 is 33.3 Å². The predicted molar refractivity (Wildman–Crippen MR) is 101 cm³/mol. The first kappa shape index (κ1) is 14.6. The maximum atomic E-state index is 12.6. The molecule has 0 radical (unpaired) electrons. The number of fused-ring (bicyclic) bond motifs is 2. The Bertz CT molecular complexity index is 1210. The molecule has 4 aromatic rings. The highest BCUT2D eigenvalue weighted by Gasteiger charge is 2.17. The number of hydrogen-bond acceptors (Lipinski definition) is 2. The van der Waals surface area contributed by atoms with Crippen molar-refractivity contribution < 1.29 is 4.74 Å². The van der Waals surface area contributed by atoms with Crippen molar-refractivity contribution in [1.82, 2.24) is 4.57 Å². The number of nitrogens with zero attached hydrogens (tertiary/aromatic N) is 1. The van der Waals surface area contributed by atoms with Gasteiger partial charge in [0, 0.05) is 11.5 Å². The molecule has 0 spiro atoms. The Balaban J connectivity index is 1.83. The summed E-state index contributed by atoms with van der Waals surface area (Å²) in [6, 6.07) is 19.5. The Morgan fingerprint density at radius 2 is 1.68 bits per heavy atom. The smallest absolute Gasteiger partial charge is 0.251 e. The van der Waals surface area contributed by atoms with Gasteiger partial charge in [0.2, 0.25) is 0 Å². The Kier molecular flexibility index (Phi) is 3.12. The Morgan fingerprint density at radius 1 is 0.920 bits per heavy atom. The molecule has 1 aromatic heterocycles. The van der Waals surface area contributed by atoms with Gasteiger partial charge >= 0.3 is 0 Å². The van der Waals surface area contributed by atoms with Gasteiger partial charge in [0.1, 0.15) is 12.4 Å². The summed E-state index contributed by atoms with van der Waals surface area (Å²) in [4.78, 5) is 12.6. The molecule has 25 heavy (non-hydrogen) atoms. The molecule has 1 aliphatic rings. The van der Waals surface area contributed by atoms with Crippen molar-refractivity contribution in [3.05, 3.63) is 87.2 Å². The van der Waals surface area contributed by atoms with E-state index in [1.165, 1.54) is 5.39 Å². The maximum Gasteiger partial charge on any atom is 0.251 e. The molecule has 0 N–H and O–H groups in total. The number of aromatic nitrogens is 1. The van der Waals surface area contributed by atoms with Gasteiger partial charge in [0.15, 0.2) is 0 Å². The minimum Gasteiger partial charge on any atom is -0.487 e. The van der Waals surface area contributed by atoms with Crippen molar-refractivity contribution in [2.24, 2.45) is 0 Å². The standard InChI is InChI=1S/C21H14ClNO2/c22-18-6-7-19-21-17(18)5-8-20(24)23(21)11-15-9-13-3-1-2-4-14(13)10-16(15)12-25-19/h1-10H,11-12H2. The molecule has 1 aliphatic heterocycles. The van der Waals surface area contributed by atoms with E-state index in [2.05, 4.69) is 24.3 Å². The Hall–Kier alpha value is -2.78. The summed E-state index contributed by atoms with van der Waals surface area (Å²) in [5, 5.41) is 3.79. The number of pyridine rings is 1. The Morgan fingerprint density at radius 3 is 2.48 bits per heavy atom. The van der Waals surface area contributed by atoms with Gasteiger partial charge in [-0.05, 0) is 52.2 Å². The lowest BCUT2D eigenvalue weighted by Crippen LogP contribution is -2.23. The number of halogens is 1. The molecule has 0 fully saturated rings. The summed E-state index contributed by atoms with van der Waals surface area (Å²) >= 11 is 6.34. The van der Waals surface area contributed by atoms with Gasteiger partial charge < -0.3 is 9.30 Å². The largest absolute Gasteiger partial charge is 0.487 e. The van der Waals surface area contributed by atoms with Gasteiger partial charge in [-0.1, -0.05) is 35.9 Å². The van der Waals surface area contributed by atoms with E-state index in [0.29, 0.717) is 23.9 Å². The van der Waals surface area contributed by atoms with Gasteiger partial charge in [-0.2, -0.15) is 0 Å². The van der Waals surface area contributed by atoms with Gasteiger partial charge in [-0.25, -0.2) is 0 Å². The van der Waals surface area contributed by atoms with Crippen LogP contribution < -0.4 is 10.3 Å². The minimum atomic E-state index is -0.0550. The molecule has 0 saturated heterocycles. The van der Waals surface area contributed by atoms with Crippen LogP contribution in [0, 0.1) is 0 Å². The molecular weight excluding hydrogens is 334 g/mol. The molecule has 3 aromatic carbocycles. The summed E-state index contributed by atoms with van der Waals surface area (Å²) in [6.45, 7) is 0.979. The van der Waals surface area contributed by atoms with E-state index in [1.807, 2.05) is 24.3 Å². The van der Waals surface area contributed by atoms with Crippen molar-refractivity contribution in [2.45, 2.75) is 13.2 Å². The van der Waals surface area contributed by atoms with Crippen LogP contribution in [0.1, 0.15) is 11.1 Å². The molecule has 0 bridgehead atoms. The summed E-state index contributed by atoms with van der Waals surface area (Å²) in [7, 11) is 0. The third kappa shape index (κ3) is 2.24. The van der Waals surface area contributed by atoms with Crippen LogP contribution in [0.15, 0.2) is 65.5 Å². The van der Waals surface area contributed by atoms with Crippen molar-refractivity contribution in [3.8, 4) is 5.75 Å². The first-order chi connectivity index (χ1) is 12.2. The first-order valence-electron chi connectivity index (χ1n) is 8.16. The zero-order valence-corrected chi connectivity index (χ0v) is 14.1. The van der Waals surface area contributed by atoms with Crippen LogP contribution in [-0.2, 0) is 13.2 Å². The summed E-state index contributed by atoms with van der Waals surface area (Å²) in [6.07, 6.45) is 0. The van der Waals surface area contributed by atoms with Crippen molar-refractivity contribution in [1.29, 1.82) is 0 Å². The number of rotatable bonds is 0. The Labute approximate surface area is 149 Å². The SMILES string of the molecule is O=c1ccc2c(Cl)ccc3c2n1Cc1cc2ccccc2cc1CO3. The third-order valence-corrected chi connectivity index (χ3v) is 5.16. The van der Waals surface area contributed by atoms with E-state index in [9.17, 15) is 4.79 Å². The second-order valence-corrected chi connectivity index (χ2v) is 6.73. The van der Waals surface area contributed by atoms with E-state index in [4.69, 9.17) is 16.3 Å². The van der Waals surface area contributed by atoms with E-state index in [0.717, 1.165) is 27.4 Å². The second kappa shape index (κ2) is 5.36. The average Bonchev–Trinajstić information content (AvgIpc) is 2.61. The molecule has 3 nitrogen and oxygen atoms in total. The number of benzene rings is 3. The fourth-order valence-corrected chi connectivity index (χ4v) is 3.79. The van der Waals surface area contributed by atoms with E-state index in [1.54, 1.807) is 16.7 Å². The summed E-state index contributed by atoms with van der Waals surface area (Å²) < 4.78 is 7.82. The van der Waals surface area contributed by atoms with Crippen LogP contribution in [0.25, 0.3) is 21.7 Å². The van der Waals surface area contributed by atoms with Crippen LogP contribution in [0.3, 0.4) is 0 Å². The lowest BCUT2D eigenvalue weighted by Gasteiger charge is -2.21. The first-order valence-corrected chi connectivity index (χ1v) is 8.54. The average molecular weight is 348 g/mol. The molecular formula is C21H14ClNO2. The van der Waals surface area contributed by atoms with E-state index < -0.39 is 0 Å². The highest BCUT2D eigenvalue weighted by atomic mass is 35.5. The van der Waals surface area contributed by atoms with Crippen molar-refractivity contribution in [2.75, 3.05) is 0 Å². The summed E-state index contributed by atoms with van der Waals surface area (Å²) in [5.41, 5.74) is 2.90. The normalized spacial score (nSPS) is 13.2. The zero-order valence-electron chi connectivity index (χ0n) is 13.3. The van der Waals surface area contributed by atoms with Crippen LogP contribution in [0.4, 0.5) is 0 Å². The monoisotopic (exact) mass is 347 g/mol. The fraction of sp³-hybridized carbons (Fsp3) is 0.0952. The van der Waals surface area contributed by atoms with Crippen LogP contribution in [-0.4, -0.2) is 4.57 Å². The number of hydrogen-bond donors (Lipinski definition) is 0. The topological polar surface area (TPSA) is 31.2 Å². The second-order valence-electron chi connectivity index (χ2n) is 6.32. The molecule has 0 aliphatic carbocycles. The molecule has 0 atom stereocenters. The van der Waals surface area contributed by atoms with E-state index >= 15 is 0 Å². The molecule has 0 amide bonds. The molecule has 0 saturated carbocycles. The highest BCUT2D eigenvalue weighted by molar-refractivity contribution is 6.35. The summed E-state index contributed by atoms with van der Waals surface area (Å²) in [5.74, 6) is 0.691. The quantitative estimate of drug-likeness (QED) is 0.459. The lowest BCUT2D eigenvalue weighted by atomic mass is 10.0. The molecule has 2 heterocycles. The van der Waals surface area contributed by atoms with Crippen LogP contribution in [0.2, 0.25) is 5.02 Å². The lowest BCUT2D eigenvalue weighted by molar-refractivity contribution is 0.304. The van der Waals surface area contributed by atoms with Gasteiger partial charge in [0.25, 0.3) is 5.56 Å². The molecule has 122 valence electrons.